The first-order valence-electron chi connectivity index (χ1n) is 7.88. The lowest BCUT2D eigenvalue weighted by molar-refractivity contribution is -0.147. The van der Waals surface area contributed by atoms with Crippen LogP contribution in [-0.4, -0.2) is 28.4 Å². The van der Waals surface area contributed by atoms with Crippen LogP contribution in [0.1, 0.15) is 39.8 Å². The Morgan fingerprint density at radius 2 is 2.19 bits per heavy atom. The third-order valence-corrected chi connectivity index (χ3v) is 4.99. The number of nitrogens with zero attached hydrogens (tertiary/aromatic N) is 1. The van der Waals surface area contributed by atoms with E-state index < -0.39 is 18.0 Å². The summed E-state index contributed by atoms with van der Waals surface area (Å²) in [6, 6.07) is 3.06. The molecule has 0 aliphatic rings. The minimum absolute atomic E-state index is 0.103. The first-order valence-corrected chi connectivity index (χ1v) is 8.69. The molecule has 3 aromatic rings. The average molecular weight is 375 g/mol. The van der Waals surface area contributed by atoms with Crippen LogP contribution in [0, 0.1) is 13.8 Å². The number of hydrogen-bond acceptors (Lipinski definition) is 7. The van der Waals surface area contributed by atoms with Crippen molar-refractivity contribution in [2.75, 3.05) is 6.54 Å². The van der Waals surface area contributed by atoms with E-state index in [4.69, 9.17) is 9.15 Å². The Hall–Kier alpha value is -2.94. The second kappa shape index (κ2) is 7.12. The minimum Gasteiger partial charge on any atom is -0.459 e. The summed E-state index contributed by atoms with van der Waals surface area (Å²) in [7, 11) is 0. The Bertz CT molecular complexity index is 1020. The van der Waals surface area contributed by atoms with Crippen LogP contribution in [0.2, 0.25) is 0 Å². The SMILES string of the molecule is Cc1sc2nc([C@H](C)OC(=O)CNC(=O)c3ccco3)[nH]c(=O)c2c1C. The van der Waals surface area contributed by atoms with Gasteiger partial charge in [0.15, 0.2) is 17.7 Å². The van der Waals surface area contributed by atoms with E-state index in [1.807, 2.05) is 13.8 Å². The Labute approximate surface area is 152 Å². The number of aryl methyl sites for hydroxylation is 2. The normalized spacial score (nSPS) is 12.1. The molecule has 8 nitrogen and oxygen atoms in total. The van der Waals surface area contributed by atoms with Gasteiger partial charge >= 0.3 is 5.97 Å². The van der Waals surface area contributed by atoms with Crippen molar-refractivity contribution >= 4 is 33.4 Å². The molecule has 3 rings (SSSR count). The van der Waals surface area contributed by atoms with Gasteiger partial charge in [-0.25, -0.2) is 4.98 Å². The number of amides is 1. The van der Waals surface area contributed by atoms with Crippen LogP contribution in [0.5, 0.6) is 0 Å². The van der Waals surface area contributed by atoms with Crippen LogP contribution in [-0.2, 0) is 9.53 Å². The molecule has 1 amide bonds. The van der Waals surface area contributed by atoms with Crippen molar-refractivity contribution in [1.82, 2.24) is 15.3 Å². The predicted octanol–water partition coefficient (Wildman–Crippen LogP) is 2.23. The molecule has 136 valence electrons. The number of esters is 1. The number of H-pyrrole nitrogens is 1. The predicted molar refractivity (Wildman–Crippen MR) is 95.3 cm³/mol. The number of carbonyl (C=O) groups is 2. The smallest absolute Gasteiger partial charge is 0.326 e. The summed E-state index contributed by atoms with van der Waals surface area (Å²) < 4.78 is 10.2. The number of thiophene rings is 1. The summed E-state index contributed by atoms with van der Waals surface area (Å²) in [6.07, 6.45) is 0.601. The summed E-state index contributed by atoms with van der Waals surface area (Å²) in [6.45, 7) is 5.07. The zero-order chi connectivity index (χ0) is 18.8. The number of hydrogen-bond donors (Lipinski definition) is 2. The highest BCUT2D eigenvalue weighted by Crippen LogP contribution is 2.26. The van der Waals surface area contributed by atoms with Crippen LogP contribution in [0.4, 0.5) is 0 Å². The number of rotatable bonds is 5. The molecule has 3 aromatic heterocycles. The topological polar surface area (TPSA) is 114 Å². The van der Waals surface area contributed by atoms with E-state index in [0.717, 1.165) is 10.4 Å². The molecule has 2 N–H and O–H groups in total. The number of fused-ring (bicyclic) bond motifs is 1. The molecule has 0 fully saturated rings. The Balaban J connectivity index is 1.67. The molecule has 0 saturated carbocycles. The molecule has 9 heteroatoms. The number of aromatic nitrogens is 2. The van der Waals surface area contributed by atoms with E-state index in [2.05, 4.69) is 15.3 Å². The second-order valence-corrected chi connectivity index (χ2v) is 6.91. The molecule has 1 atom stereocenters. The Morgan fingerprint density at radius 3 is 2.88 bits per heavy atom. The van der Waals surface area contributed by atoms with Crippen molar-refractivity contribution in [2.45, 2.75) is 26.9 Å². The van der Waals surface area contributed by atoms with Gasteiger partial charge in [-0.3, -0.25) is 14.4 Å². The molecule has 0 unspecified atom stereocenters. The molecule has 0 radical (unpaired) electrons. The maximum Gasteiger partial charge on any atom is 0.326 e. The maximum absolute atomic E-state index is 12.3. The third-order valence-electron chi connectivity index (χ3n) is 3.89. The third kappa shape index (κ3) is 3.52. The van der Waals surface area contributed by atoms with Crippen LogP contribution in [0.25, 0.3) is 10.2 Å². The molecule has 0 bridgehead atoms. The highest BCUT2D eigenvalue weighted by Gasteiger charge is 2.19. The van der Waals surface area contributed by atoms with E-state index in [1.165, 1.54) is 23.7 Å². The summed E-state index contributed by atoms with van der Waals surface area (Å²) in [4.78, 5) is 44.6. The summed E-state index contributed by atoms with van der Waals surface area (Å²) in [5.41, 5.74) is 0.636. The highest BCUT2D eigenvalue weighted by molar-refractivity contribution is 7.18. The van der Waals surface area contributed by atoms with Gasteiger partial charge in [0.25, 0.3) is 11.5 Å². The molecular weight excluding hydrogens is 358 g/mol. The minimum atomic E-state index is -0.761. The largest absolute Gasteiger partial charge is 0.459 e. The standard InChI is InChI=1S/C17H17N3O5S/c1-8-10(3)26-17-13(8)16(23)19-14(20-17)9(2)25-12(21)7-18-15(22)11-5-4-6-24-11/h4-6,9H,7H2,1-3H3,(H,18,22)(H,19,20,23)/t9-/m0/s1. The Morgan fingerprint density at radius 1 is 1.42 bits per heavy atom. The zero-order valence-electron chi connectivity index (χ0n) is 14.4. The lowest BCUT2D eigenvalue weighted by Crippen LogP contribution is -2.31. The molecule has 0 aromatic carbocycles. The monoisotopic (exact) mass is 375 g/mol. The van der Waals surface area contributed by atoms with Crippen molar-refractivity contribution in [3.8, 4) is 0 Å². The fourth-order valence-electron chi connectivity index (χ4n) is 2.41. The Kier molecular flexibility index (Phi) is 4.90. The van der Waals surface area contributed by atoms with Gasteiger partial charge in [0.2, 0.25) is 0 Å². The van der Waals surface area contributed by atoms with Crippen LogP contribution >= 0.6 is 11.3 Å². The van der Waals surface area contributed by atoms with Crippen molar-refractivity contribution < 1.29 is 18.7 Å². The van der Waals surface area contributed by atoms with Crippen molar-refractivity contribution in [1.29, 1.82) is 0 Å². The second-order valence-electron chi connectivity index (χ2n) is 5.71. The first-order chi connectivity index (χ1) is 12.4. The lowest BCUT2D eigenvalue weighted by atomic mass is 10.2. The fourth-order valence-corrected chi connectivity index (χ4v) is 3.44. The van der Waals surface area contributed by atoms with Crippen LogP contribution in [0.15, 0.2) is 27.6 Å². The van der Waals surface area contributed by atoms with Gasteiger partial charge in [0.05, 0.1) is 11.6 Å². The quantitative estimate of drug-likeness (QED) is 0.661. The van der Waals surface area contributed by atoms with Gasteiger partial charge in [0, 0.05) is 4.88 Å². The van der Waals surface area contributed by atoms with Crippen molar-refractivity contribution in [2.24, 2.45) is 0 Å². The van der Waals surface area contributed by atoms with Crippen LogP contribution < -0.4 is 10.9 Å². The van der Waals surface area contributed by atoms with Crippen molar-refractivity contribution in [3.05, 3.63) is 50.8 Å². The van der Waals surface area contributed by atoms with Gasteiger partial charge in [0.1, 0.15) is 11.4 Å². The van der Waals surface area contributed by atoms with Gasteiger partial charge < -0.3 is 19.5 Å². The molecule has 0 aliphatic carbocycles. The van der Waals surface area contributed by atoms with E-state index in [9.17, 15) is 14.4 Å². The molecule has 0 aliphatic heterocycles. The van der Waals surface area contributed by atoms with Crippen molar-refractivity contribution in [3.63, 3.8) is 0 Å². The summed E-state index contributed by atoms with van der Waals surface area (Å²) in [5, 5.41) is 2.95. The summed E-state index contributed by atoms with van der Waals surface area (Å²) in [5.74, 6) is -0.809. The van der Waals surface area contributed by atoms with Gasteiger partial charge in [-0.05, 0) is 38.5 Å². The molecule has 0 spiro atoms. The number of ether oxygens (including phenoxy) is 1. The van der Waals surface area contributed by atoms with E-state index in [0.29, 0.717) is 10.2 Å². The molecular formula is C17H17N3O5S. The molecule has 26 heavy (non-hydrogen) atoms. The molecule has 0 saturated heterocycles. The fraction of sp³-hybridized carbons (Fsp3) is 0.294. The summed E-state index contributed by atoms with van der Waals surface area (Å²) >= 11 is 1.42. The van der Waals surface area contributed by atoms with E-state index in [-0.39, 0.29) is 23.7 Å². The zero-order valence-corrected chi connectivity index (χ0v) is 15.2. The number of nitrogens with one attached hydrogen (secondary N) is 2. The van der Waals surface area contributed by atoms with Gasteiger partial charge in [-0.1, -0.05) is 0 Å². The maximum atomic E-state index is 12.3. The first kappa shape index (κ1) is 17.9. The number of aromatic amines is 1. The van der Waals surface area contributed by atoms with Crippen LogP contribution in [0.3, 0.4) is 0 Å². The average Bonchev–Trinajstić information content (AvgIpc) is 3.22. The highest BCUT2D eigenvalue weighted by atomic mass is 32.1. The van der Waals surface area contributed by atoms with Gasteiger partial charge in [-0.15, -0.1) is 11.3 Å². The molecule has 3 heterocycles. The van der Waals surface area contributed by atoms with Gasteiger partial charge in [-0.2, -0.15) is 0 Å². The van der Waals surface area contributed by atoms with E-state index in [1.54, 1.807) is 13.0 Å². The lowest BCUT2D eigenvalue weighted by Gasteiger charge is -2.12. The number of carbonyl (C=O) groups excluding carboxylic acids is 2. The number of furan rings is 1. The van der Waals surface area contributed by atoms with E-state index >= 15 is 0 Å².